The van der Waals surface area contributed by atoms with Gasteiger partial charge in [-0.2, -0.15) is 0 Å². The van der Waals surface area contributed by atoms with Gasteiger partial charge in [-0.25, -0.2) is 4.98 Å². The van der Waals surface area contributed by atoms with Gasteiger partial charge in [-0.3, -0.25) is 4.99 Å². The maximum Gasteiger partial charge on any atom is 0.138 e. The Balaban J connectivity index is 2.75. The summed E-state index contributed by atoms with van der Waals surface area (Å²) in [5, 5.41) is 1.06. The van der Waals surface area contributed by atoms with Gasteiger partial charge >= 0.3 is 0 Å². The Labute approximate surface area is 157 Å². The lowest BCUT2D eigenvalue weighted by atomic mass is 9.84. The Hall–Kier alpha value is -2.68. The minimum Gasteiger partial charge on any atom is -0.343 e. The largest absolute Gasteiger partial charge is 0.343 e. The summed E-state index contributed by atoms with van der Waals surface area (Å²) in [5.41, 5.74) is 7.05. The number of hydrogen-bond acceptors (Lipinski definition) is 2. The number of fused-ring (bicyclic) bond motifs is 1. The molecule has 0 spiro atoms. The first kappa shape index (κ1) is 19.6. The van der Waals surface area contributed by atoms with E-state index >= 15 is 0 Å². The van der Waals surface area contributed by atoms with E-state index in [2.05, 4.69) is 68.2 Å². The van der Waals surface area contributed by atoms with Crippen LogP contribution in [0.4, 0.5) is 0 Å². The van der Waals surface area contributed by atoms with Gasteiger partial charge in [0.2, 0.25) is 0 Å². The molecular weight excluding hydrogens is 318 g/mol. The molecule has 0 radical (unpaired) electrons. The highest BCUT2D eigenvalue weighted by Crippen LogP contribution is 2.29. The van der Waals surface area contributed by atoms with E-state index in [4.69, 9.17) is 4.98 Å². The number of pyridine rings is 1. The Kier molecular flexibility index (Phi) is 5.81. The molecule has 2 aromatic rings. The Morgan fingerprint density at radius 3 is 2.46 bits per heavy atom. The van der Waals surface area contributed by atoms with Crippen molar-refractivity contribution < 1.29 is 0 Å². The van der Waals surface area contributed by atoms with Crippen LogP contribution in [0.2, 0.25) is 0 Å². The zero-order valence-corrected chi connectivity index (χ0v) is 16.8. The second kappa shape index (κ2) is 7.69. The van der Waals surface area contributed by atoms with E-state index in [9.17, 15) is 0 Å². The minimum atomic E-state index is 0.0107. The fourth-order valence-electron chi connectivity index (χ4n) is 3.00. The minimum absolute atomic E-state index is 0.0107. The first-order chi connectivity index (χ1) is 12.2. The standard InChI is InChI=1S/C23H29N3/c1-9-12-17(23(6,7)8)13-21(24-11-3)19-14-20-18(10-2)15(4)25-22(20)26-16(19)5/h9-14H,2-3H2,1,4-8H3,(H,25,26)/b12-9-,17-13+,24-21-. The van der Waals surface area contributed by atoms with Gasteiger partial charge in [0.1, 0.15) is 5.65 Å². The van der Waals surface area contributed by atoms with Crippen LogP contribution in [0.1, 0.15) is 50.2 Å². The molecule has 0 aliphatic carbocycles. The van der Waals surface area contributed by atoms with Crippen LogP contribution in [0.3, 0.4) is 0 Å². The summed E-state index contributed by atoms with van der Waals surface area (Å²) in [7, 11) is 0. The van der Waals surface area contributed by atoms with Crippen LogP contribution in [-0.2, 0) is 0 Å². The predicted octanol–water partition coefficient (Wildman–Crippen LogP) is 6.30. The third-order valence-corrected chi connectivity index (χ3v) is 4.43. The predicted molar refractivity (Wildman–Crippen MR) is 115 cm³/mol. The number of nitrogens with zero attached hydrogens (tertiary/aromatic N) is 2. The van der Waals surface area contributed by atoms with Crippen molar-refractivity contribution in [3.63, 3.8) is 0 Å². The molecule has 2 rings (SSSR count). The van der Waals surface area contributed by atoms with Crippen molar-refractivity contribution in [2.24, 2.45) is 10.4 Å². The van der Waals surface area contributed by atoms with Crippen molar-refractivity contribution in [2.45, 2.75) is 41.5 Å². The van der Waals surface area contributed by atoms with Crippen LogP contribution in [0.25, 0.3) is 17.1 Å². The summed E-state index contributed by atoms with van der Waals surface area (Å²) >= 11 is 0. The smallest absolute Gasteiger partial charge is 0.138 e. The summed E-state index contributed by atoms with van der Waals surface area (Å²) < 4.78 is 0. The monoisotopic (exact) mass is 347 g/mol. The van der Waals surface area contributed by atoms with Crippen LogP contribution in [0.5, 0.6) is 0 Å². The molecule has 0 unspecified atom stereocenters. The molecule has 0 bridgehead atoms. The average molecular weight is 348 g/mol. The Morgan fingerprint density at radius 2 is 1.92 bits per heavy atom. The second-order valence-electron chi connectivity index (χ2n) is 7.43. The van der Waals surface area contributed by atoms with E-state index in [1.54, 1.807) is 6.20 Å². The molecule has 0 atom stereocenters. The van der Waals surface area contributed by atoms with E-state index in [0.29, 0.717) is 0 Å². The van der Waals surface area contributed by atoms with Crippen molar-refractivity contribution in [1.29, 1.82) is 0 Å². The van der Waals surface area contributed by atoms with Gasteiger partial charge in [0.15, 0.2) is 0 Å². The van der Waals surface area contributed by atoms with Gasteiger partial charge in [0, 0.05) is 34.1 Å². The molecule has 2 aromatic heterocycles. The van der Waals surface area contributed by atoms with Crippen LogP contribution in [0, 0.1) is 19.3 Å². The third-order valence-electron chi connectivity index (χ3n) is 4.43. The van der Waals surface area contributed by atoms with E-state index < -0.39 is 0 Å². The maximum absolute atomic E-state index is 4.76. The highest BCUT2D eigenvalue weighted by molar-refractivity contribution is 6.12. The zero-order chi connectivity index (χ0) is 19.5. The van der Waals surface area contributed by atoms with Crippen molar-refractivity contribution in [2.75, 3.05) is 0 Å². The van der Waals surface area contributed by atoms with E-state index in [0.717, 1.165) is 39.3 Å². The number of allylic oxidation sites excluding steroid dienone is 4. The summed E-state index contributed by atoms with van der Waals surface area (Å²) in [6.45, 7) is 20.4. The van der Waals surface area contributed by atoms with E-state index in [-0.39, 0.29) is 5.41 Å². The fraction of sp³-hybridized carbons (Fsp3) is 0.304. The molecule has 26 heavy (non-hydrogen) atoms. The summed E-state index contributed by atoms with van der Waals surface area (Å²) in [6, 6.07) is 2.15. The number of H-pyrrole nitrogens is 1. The highest BCUT2D eigenvalue weighted by atomic mass is 14.9. The highest BCUT2D eigenvalue weighted by Gasteiger charge is 2.18. The zero-order valence-electron chi connectivity index (χ0n) is 16.8. The maximum atomic E-state index is 4.76. The first-order valence-electron chi connectivity index (χ1n) is 8.89. The van der Waals surface area contributed by atoms with E-state index in [1.165, 1.54) is 5.57 Å². The topological polar surface area (TPSA) is 41.0 Å². The molecule has 0 amide bonds. The van der Waals surface area contributed by atoms with Crippen molar-refractivity contribution in [1.82, 2.24) is 9.97 Å². The fourth-order valence-corrected chi connectivity index (χ4v) is 3.00. The van der Waals surface area contributed by atoms with E-state index in [1.807, 2.05) is 26.8 Å². The molecule has 3 heteroatoms. The van der Waals surface area contributed by atoms with Crippen LogP contribution >= 0.6 is 0 Å². The van der Waals surface area contributed by atoms with Crippen molar-refractivity contribution >= 4 is 22.8 Å². The molecule has 2 heterocycles. The quantitative estimate of drug-likeness (QED) is 0.500. The van der Waals surface area contributed by atoms with Gasteiger partial charge in [-0.05, 0) is 43.9 Å². The number of hydrogen-bond donors (Lipinski definition) is 1. The summed E-state index contributed by atoms with van der Waals surface area (Å²) in [4.78, 5) is 12.6. The summed E-state index contributed by atoms with van der Waals surface area (Å²) in [6.07, 6.45) is 9.78. The number of aliphatic imine (C=N–C) groups is 1. The molecule has 0 saturated heterocycles. The lowest BCUT2D eigenvalue weighted by Crippen LogP contribution is -2.11. The average Bonchev–Trinajstić information content (AvgIpc) is 2.86. The molecule has 0 fully saturated rings. The van der Waals surface area contributed by atoms with Gasteiger partial charge in [-0.1, -0.05) is 52.2 Å². The molecule has 136 valence electrons. The normalized spacial score (nSPS) is 13.6. The summed E-state index contributed by atoms with van der Waals surface area (Å²) in [5.74, 6) is 0. The van der Waals surface area contributed by atoms with Crippen LogP contribution < -0.4 is 0 Å². The molecule has 0 aliphatic heterocycles. The lowest BCUT2D eigenvalue weighted by Gasteiger charge is -2.21. The van der Waals surface area contributed by atoms with Crippen molar-refractivity contribution in [3.05, 3.63) is 71.7 Å². The lowest BCUT2D eigenvalue weighted by molar-refractivity contribution is 0.517. The second-order valence-corrected chi connectivity index (χ2v) is 7.43. The number of aryl methyl sites for hydroxylation is 2. The van der Waals surface area contributed by atoms with Gasteiger partial charge < -0.3 is 4.98 Å². The van der Waals surface area contributed by atoms with Gasteiger partial charge in [-0.15, -0.1) is 0 Å². The third kappa shape index (κ3) is 3.93. The van der Waals surface area contributed by atoms with Gasteiger partial charge in [0.05, 0.1) is 5.71 Å². The Bertz CT molecular complexity index is 928. The molecule has 0 saturated carbocycles. The van der Waals surface area contributed by atoms with Gasteiger partial charge in [0.25, 0.3) is 0 Å². The Morgan fingerprint density at radius 1 is 1.23 bits per heavy atom. The number of aromatic amines is 1. The number of rotatable bonds is 5. The van der Waals surface area contributed by atoms with Crippen molar-refractivity contribution in [3.8, 4) is 0 Å². The first-order valence-corrected chi connectivity index (χ1v) is 8.89. The number of nitrogens with one attached hydrogen (secondary N) is 1. The molecule has 1 N–H and O–H groups in total. The van der Waals surface area contributed by atoms with Crippen LogP contribution in [0.15, 0.2) is 54.2 Å². The van der Waals surface area contributed by atoms with Crippen LogP contribution in [-0.4, -0.2) is 15.7 Å². The number of aromatic nitrogens is 2. The SMILES string of the molecule is C=C/N=C(/C=C(\C=C/C)C(C)(C)C)c1cc2c(C=C)c(C)[nH]c2nc1C. The molecule has 0 aromatic carbocycles. The molecule has 0 aliphatic rings. The molecular formula is C23H29N3. The molecule has 3 nitrogen and oxygen atoms in total.